The third-order valence-corrected chi connectivity index (χ3v) is 16.3. The summed E-state index contributed by atoms with van der Waals surface area (Å²) in [4.78, 5) is 108. The molecule has 0 radical (unpaired) electrons. The zero-order valence-corrected chi connectivity index (χ0v) is 64.9. The number of benzene rings is 6. The Morgan fingerprint density at radius 1 is 0.438 bits per heavy atom. The fourth-order valence-corrected chi connectivity index (χ4v) is 10.0. The van der Waals surface area contributed by atoms with Gasteiger partial charge in [-0.2, -0.15) is 0 Å². The van der Waals surface area contributed by atoms with Gasteiger partial charge in [-0.3, -0.25) is 43.7 Å². The minimum Gasteiger partial charge on any atom is -1.00 e. The average molecular weight is 1710 g/mol. The summed E-state index contributed by atoms with van der Waals surface area (Å²) in [5.41, 5.74) is 18.4. The molecule has 10 aromatic rings. The summed E-state index contributed by atoms with van der Waals surface area (Å²) in [5, 5.41) is 44.4. The molecule has 0 aliphatic heterocycles. The average Bonchev–Trinajstić information content (AvgIpc) is 0.742. The maximum atomic E-state index is 13.5. The molecule has 40 heteroatoms. The topological polar surface area (TPSA) is 419 Å². The number of carboxylic acids is 1. The fraction of sp³-hybridized carbons (Fsp3) is 0.160. The van der Waals surface area contributed by atoms with E-state index in [1.807, 2.05) is 0 Å². The molecule has 0 spiro atoms. The van der Waals surface area contributed by atoms with Gasteiger partial charge in [0.1, 0.15) is 52.7 Å². The van der Waals surface area contributed by atoms with Gasteiger partial charge >= 0.3 is 35.5 Å². The maximum absolute atomic E-state index is 13.5. The van der Waals surface area contributed by atoms with E-state index in [9.17, 15) is 101 Å². The molecule has 0 saturated carbocycles. The second-order valence-electron chi connectivity index (χ2n) is 24.8. The zero-order chi connectivity index (χ0) is 88.2. The normalized spacial score (nSPS) is 11.4. The largest absolute Gasteiger partial charge is 1.00 e. The molecule has 0 bridgehead atoms. The number of nitrogens with one attached hydrogen (secondary N) is 3. The number of aliphatic hydroxyl groups is 2. The number of hydrogen-bond donors (Lipinski definition) is 10. The number of ether oxygens (including phenoxy) is 2. The van der Waals surface area contributed by atoms with Gasteiger partial charge in [-0.05, 0) is 138 Å². The third-order valence-electron chi connectivity index (χ3n) is 16.3. The van der Waals surface area contributed by atoms with Crippen LogP contribution in [0.3, 0.4) is 0 Å². The molecule has 0 fully saturated rings. The summed E-state index contributed by atoms with van der Waals surface area (Å²) in [6.45, 7) is 12.4. The van der Waals surface area contributed by atoms with Crippen LogP contribution in [0.25, 0.3) is 0 Å². The predicted molar refractivity (Wildman–Crippen MR) is 420 cm³/mol. The van der Waals surface area contributed by atoms with Gasteiger partial charge in [-0.25, -0.2) is 57.5 Å². The van der Waals surface area contributed by atoms with Gasteiger partial charge in [0.25, 0.3) is 45.6 Å². The number of nitro groups is 1. The van der Waals surface area contributed by atoms with E-state index in [4.69, 9.17) is 47.7 Å². The number of halogens is 12. The SMILES string of the molecule is C.C=C[C@@H](N)CO.C=C[C@H](CO)NC(=O)c1cccn(Cc2cc(F)c(F)c(F)c2)c1=O.C=C[C@H](COc1ccc(N)c(N)c1)NC(=O)c1cccn(Cc2cc(F)c(F)c(F)c2)c1=O.C=C[C@H](COc1ccc([N+](=O)[O-])c(N)c1)NC(=O)c1cccn(Cc2cc(F)c(F)c(F)c2)c1=O.O=C(O)c1cccn(Cc2cc(F)c(F)c(F)c2)c1=O.[H-].[Na+]. The number of nitrogens with zero attached hydrogens (tertiary/aromatic N) is 5. The number of carbonyl (C=O) groups excluding carboxylic acids is 3. The van der Waals surface area contributed by atoms with Crippen molar-refractivity contribution < 1.29 is 133 Å². The van der Waals surface area contributed by atoms with E-state index in [-0.39, 0.29) is 153 Å². The smallest absolute Gasteiger partial charge is 1.00 e. The van der Waals surface area contributed by atoms with Crippen LogP contribution in [0.15, 0.2) is 228 Å². The predicted octanol–water partition coefficient (Wildman–Crippen LogP) is 6.86. The number of aromatic nitrogens is 4. The molecular weight excluding hydrogens is 1630 g/mol. The van der Waals surface area contributed by atoms with Crippen LogP contribution < -0.4 is 100 Å². The van der Waals surface area contributed by atoms with Crippen molar-refractivity contribution in [1.29, 1.82) is 0 Å². The third kappa shape index (κ3) is 28.3. The summed E-state index contributed by atoms with van der Waals surface area (Å²) < 4.78 is 174. The van der Waals surface area contributed by atoms with E-state index in [0.717, 1.165) is 72.9 Å². The molecule has 10 rings (SSSR count). The Labute approximate surface area is 703 Å². The minimum atomic E-state index is -1.62. The van der Waals surface area contributed by atoms with Crippen molar-refractivity contribution in [3.05, 3.63) is 375 Å². The number of rotatable bonds is 28. The van der Waals surface area contributed by atoms with Gasteiger partial charge in [0, 0.05) is 49.0 Å². The first-order chi connectivity index (χ1) is 56.4. The first kappa shape index (κ1) is 99.8. The number of amides is 3. The molecule has 3 amide bonds. The number of carbonyl (C=O) groups is 4. The molecule has 4 aromatic heterocycles. The number of carboxylic acid groups (broad SMARTS) is 1. The second-order valence-corrected chi connectivity index (χ2v) is 24.8. The number of aliphatic hydroxyl groups excluding tert-OH is 2. The van der Waals surface area contributed by atoms with Crippen LogP contribution in [0.4, 0.5) is 75.4 Å². The van der Waals surface area contributed by atoms with Gasteiger partial charge in [0.2, 0.25) is 0 Å². The second kappa shape index (κ2) is 47.1. The first-order valence-electron chi connectivity index (χ1n) is 34.3. The summed E-state index contributed by atoms with van der Waals surface area (Å²) in [5.74, 6) is -20.4. The van der Waals surface area contributed by atoms with E-state index in [2.05, 4.69) is 42.3 Å². The van der Waals surface area contributed by atoms with Gasteiger partial charge in [-0.15, -0.1) is 26.3 Å². The van der Waals surface area contributed by atoms with Crippen molar-refractivity contribution in [2.75, 3.05) is 43.6 Å². The number of pyridine rings is 4. The molecular formula is C81H77F12N12NaO15. The van der Waals surface area contributed by atoms with E-state index in [1.165, 1.54) is 116 Å². The standard InChI is InChI=1S/C23H19F3N4O5.C23H21F3N4O3.C17H15F3N2O3.C13H8F3NO3.C4H9NO.CH4.Na.H/c1-2-14(12-35-15-5-6-20(30(33)34)19(27)10-15)28-22(31)16-4-3-7-29(23(16)32)11-13-8-17(24)21(26)18(25)9-13;1-2-14(12-33-15-5-6-19(27)20(28)10-15)29-22(31)16-4-3-7-30(23(16)32)11-13-8-17(24)21(26)18(25)9-13;1-2-11(9-23)21-16(24)12-4-3-5-22(17(12)25)8-10-6-13(18)15(20)14(19)7-10;14-9-4-7(5-10(15)11(9)16)6-17-3-1-2-8(12(17)18)13(19)20;1-2-4(5)3-6;;;/h2-10,14H,1,11-12,27H2,(H,28,31);2-10,14H,1,11-12,27-28H2,(H,29,31);2-7,11,23H,1,8-9H2,(H,21,24);1-5H,6H2,(H,19,20);2,4,6H,1,3,5H2;1H4;;/q;;;;;;+1;-1/t2*14-;11-;;4-;;;/m111.1.../s1. The molecule has 4 atom stereocenters. The first-order valence-corrected chi connectivity index (χ1v) is 34.3. The van der Waals surface area contributed by atoms with Crippen LogP contribution in [0.1, 0.15) is 72.5 Å². The Balaban J connectivity index is 0.000000414. The van der Waals surface area contributed by atoms with Gasteiger partial charge in [-0.1, -0.05) is 31.7 Å². The molecule has 6 aromatic carbocycles. The fourth-order valence-electron chi connectivity index (χ4n) is 10.0. The van der Waals surface area contributed by atoms with Crippen molar-refractivity contribution in [3.63, 3.8) is 0 Å². The van der Waals surface area contributed by atoms with Gasteiger partial charge in [0.15, 0.2) is 69.8 Å². The van der Waals surface area contributed by atoms with E-state index in [1.54, 1.807) is 12.1 Å². The number of nitrogens with two attached hydrogens (primary N) is 4. The maximum Gasteiger partial charge on any atom is 1.00 e. The van der Waals surface area contributed by atoms with Crippen molar-refractivity contribution in [1.82, 2.24) is 34.2 Å². The molecule has 121 heavy (non-hydrogen) atoms. The van der Waals surface area contributed by atoms with Gasteiger partial charge in [0.05, 0.1) is 73.8 Å². The molecule has 0 aliphatic carbocycles. The van der Waals surface area contributed by atoms with Crippen molar-refractivity contribution in [2.45, 2.75) is 57.8 Å². The van der Waals surface area contributed by atoms with E-state index >= 15 is 0 Å². The molecule has 636 valence electrons. The van der Waals surface area contributed by atoms with Crippen molar-refractivity contribution in [3.8, 4) is 11.5 Å². The number of nitro benzene ring substituents is 1. The van der Waals surface area contributed by atoms with Crippen molar-refractivity contribution in [2.24, 2.45) is 5.73 Å². The van der Waals surface area contributed by atoms with Crippen LogP contribution in [-0.2, 0) is 26.2 Å². The van der Waals surface area contributed by atoms with E-state index < -0.39 is 144 Å². The van der Waals surface area contributed by atoms with Crippen LogP contribution in [0, 0.1) is 79.9 Å². The van der Waals surface area contributed by atoms with Crippen molar-refractivity contribution >= 4 is 46.4 Å². The molecule has 0 aliphatic rings. The summed E-state index contributed by atoms with van der Waals surface area (Å²) in [7, 11) is 0. The van der Waals surface area contributed by atoms with Crippen LogP contribution in [0.2, 0.25) is 0 Å². The van der Waals surface area contributed by atoms with E-state index in [0.29, 0.717) is 17.1 Å². The number of aromatic carboxylic acids is 1. The summed E-state index contributed by atoms with van der Waals surface area (Å²) >= 11 is 0. The number of nitrogen functional groups attached to an aromatic ring is 3. The molecule has 27 nitrogen and oxygen atoms in total. The Morgan fingerprint density at radius 3 is 0.967 bits per heavy atom. The number of anilines is 3. The Bertz CT molecular complexity index is 5620. The Hall–Kier alpha value is -13.6. The van der Waals surface area contributed by atoms with Crippen LogP contribution in [0.5, 0.6) is 11.5 Å². The molecule has 4 heterocycles. The minimum absolute atomic E-state index is 0. The monoisotopic (exact) mass is 1710 g/mol. The van der Waals surface area contributed by atoms with Crippen LogP contribution >= 0.6 is 0 Å². The summed E-state index contributed by atoms with van der Waals surface area (Å²) in [6.07, 6.45) is 10.9. The molecule has 0 saturated heterocycles. The van der Waals surface area contributed by atoms with Crippen LogP contribution in [-0.4, -0.2) is 113 Å². The quantitative estimate of drug-likeness (QED) is 0.00455. The zero-order valence-electron chi connectivity index (χ0n) is 63.9. The van der Waals surface area contributed by atoms with Gasteiger partial charge < -0.3 is 83.4 Å². The Morgan fingerprint density at radius 2 is 0.719 bits per heavy atom. The Kier molecular flexibility index (Phi) is 38.8. The molecule has 0 unspecified atom stereocenters. The molecule has 14 N–H and O–H groups in total. The summed E-state index contributed by atoms with van der Waals surface area (Å²) in [6, 6.07) is 22.8. The number of hydrogen-bond acceptors (Lipinski definition) is 18.